The summed E-state index contributed by atoms with van der Waals surface area (Å²) in [5.41, 5.74) is -0.397. The number of ether oxygens (including phenoxy) is 1. The highest BCUT2D eigenvalue weighted by molar-refractivity contribution is 5.68. The summed E-state index contributed by atoms with van der Waals surface area (Å²) in [5, 5.41) is 3.70. The van der Waals surface area contributed by atoms with Gasteiger partial charge < -0.3 is 15.0 Å². The molecule has 0 unspecified atom stereocenters. The highest BCUT2D eigenvalue weighted by Gasteiger charge is 2.26. The molecule has 1 saturated heterocycles. The van der Waals surface area contributed by atoms with E-state index in [1.165, 1.54) is 38.5 Å². The van der Waals surface area contributed by atoms with Gasteiger partial charge >= 0.3 is 6.09 Å². The second-order valence-corrected chi connectivity index (χ2v) is 7.99. The van der Waals surface area contributed by atoms with Crippen LogP contribution in [0, 0.1) is 5.92 Å². The van der Waals surface area contributed by atoms with Crippen LogP contribution in [0.2, 0.25) is 0 Å². The SMILES string of the molecule is CC(C)(C)OC(=O)N1CCC(NCCC2CCCCC2)CC1. The first kappa shape index (κ1) is 17.6. The summed E-state index contributed by atoms with van der Waals surface area (Å²) in [7, 11) is 0. The molecule has 1 heterocycles. The summed E-state index contributed by atoms with van der Waals surface area (Å²) < 4.78 is 5.44. The van der Waals surface area contributed by atoms with Crippen LogP contribution in [0.5, 0.6) is 0 Å². The number of amides is 1. The van der Waals surface area contributed by atoms with Gasteiger partial charge in [-0.3, -0.25) is 0 Å². The lowest BCUT2D eigenvalue weighted by atomic mass is 9.87. The molecule has 4 heteroatoms. The smallest absolute Gasteiger partial charge is 0.410 e. The maximum Gasteiger partial charge on any atom is 0.410 e. The standard InChI is InChI=1S/C18H34N2O2/c1-18(2,3)22-17(21)20-13-10-16(11-14-20)19-12-9-15-7-5-4-6-8-15/h15-16,19H,4-14H2,1-3H3. The normalized spacial score (nSPS) is 21.9. The van der Waals surface area contributed by atoms with Crippen molar-refractivity contribution in [2.75, 3.05) is 19.6 Å². The summed E-state index contributed by atoms with van der Waals surface area (Å²) in [6.07, 6.45) is 10.4. The van der Waals surface area contributed by atoms with Gasteiger partial charge in [0, 0.05) is 19.1 Å². The Labute approximate surface area is 136 Å². The Morgan fingerprint density at radius 1 is 1.09 bits per heavy atom. The molecule has 128 valence electrons. The quantitative estimate of drug-likeness (QED) is 0.855. The third-order valence-corrected chi connectivity index (χ3v) is 4.86. The number of nitrogens with one attached hydrogen (secondary N) is 1. The number of carbonyl (C=O) groups is 1. The summed E-state index contributed by atoms with van der Waals surface area (Å²) in [6, 6.07) is 0.572. The van der Waals surface area contributed by atoms with Gasteiger partial charge in [-0.25, -0.2) is 4.79 Å². The minimum Gasteiger partial charge on any atom is -0.444 e. The average Bonchev–Trinajstić information content (AvgIpc) is 2.47. The summed E-state index contributed by atoms with van der Waals surface area (Å²) in [4.78, 5) is 13.9. The van der Waals surface area contributed by atoms with E-state index in [1.54, 1.807) is 0 Å². The molecule has 1 aliphatic carbocycles. The molecule has 0 spiro atoms. The van der Waals surface area contributed by atoms with E-state index in [-0.39, 0.29) is 6.09 Å². The van der Waals surface area contributed by atoms with Gasteiger partial charge in [-0.2, -0.15) is 0 Å². The molecule has 0 aromatic heterocycles. The van der Waals surface area contributed by atoms with Crippen LogP contribution in [-0.4, -0.2) is 42.3 Å². The number of carbonyl (C=O) groups excluding carboxylic acids is 1. The summed E-state index contributed by atoms with van der Waals surface area (Å²) in [6.45, 7) is 8.53. The van der Waals surface area contributed by atoms with Crippen LogP contribution >= 0.6 is 0 Å². The zero-order valence-electron chi connectivity index (χ0n) is 14.7. The molecule has 22 heavy (non-hydrogen) atoms. The van der Waals surface area contributed by atoms with Crippen molar-refractivity contribution in [3.8, 4) is 0 Å². The molecule has 0 atom stereocenters. The number of hydrogen-bond donors (Lipinski definition) is 1. The van der Waals surface area contributed by atoms with Crippen molar-refractivity contribution in [1.29, 1.82) is 0 Å². The minimum absolute atomic E-state index is 0.159. The summed E-state index contributed by atoms with van der Waals surface area (Å²) in [5.74, 6) is 0.947. The Balaban J connectivity index is 1.59. The zero-order valence-corrected chi connectivity index (χ0v) is 14.7. The van der Waals surface area contributed by atoms with E-state index in [2.05, 4.69) is 5.32 Å². The molecule has 4 nitrogen and oxygen atoms in total. The topological polar surface area (TPSA) is 41.6 Å². The number of likely N-dealkylation sites (tertiary alicyclic amines) is 1. The maximum atomic E-state index is 12.0. The third kappa shape index (κ3) is 6.15. The molecule has 0 bridgehead atoms. The van der Waals surface area contributed by atoms with Crippen molar-refractivity contribution >= 4 is 6.09 Å². The Bertz CT molecular complexity index is 337. The molecule has 0 aromatic carbocycles. The van der Waals surface area contributed by atoms with Gasteiger partial charge in [0.15, 0.2) is 0 Å². The number of rotatable bonds is 4. The van der Waals surface area contributed by atoms with Crippen molar-refractivity contribution in [3.05, 3.63) is 0 Å². The lowest BCUT2D eigenvalue weighted by Crippen LogP contribution is -2.46. The van der Waals surface area contributed by atoms with Crippen molar-refractivity contribution < 1.29 is 9.53 Å². The van der Waals surface area contributed by atoms with Gasteiger partial charge in [0.1, 0.15) is 5.60 Å². The van der Waals surface area contributed by atoms with E-state index >= 15 is 0 Å². The molecule has 1 aliphatic heterocycles. The Morgan fingerprint density at radius 3 is 2.32 bits per heavy atom. The molecule has 2 fully saturated rings. The first-order valence-corrected chi connectivity index (χ1v) is 9.15. The molecule has 1 N–H and O–H groups in total. The average molecular weight is 310 g/mol. The molecular weight excluding hydrogens is 276 g/mol. The van der Waals surface area contributed by atoms with Gasteiger partial charge in [-0.1, -0.05) is 32.1 Å². The molecule has 1 amide bonds. The lowest BCUT2D eigenvalue weighted by Gasteiger charge is -2.34. The van der Waals surface area contributed by atoms with Gasteiger partial charge in [0.05, 0.1) is 0 Å². The van der Waals surface area contributed by atoms with Crippen LogP contribution in [0.4, 0.5) is 4.79 Å². The van der Waals surface area contributed by atoms with Crippen LogP contribution in [0.15, 0.2) is 0 Å². The van der Waals surface area contributed by atoms with E-state index < -0.39 is 5.60 Å². The van der Waals surface area contributed by atoms with Crippen molar-refractivity contribution in [3.63, 3.8) is 0 Å². The maximum absolute atomic E-state index is 12.0. The van der Waals surface area contributed by atoms with Crippen molar-refractivity contribution in [2.24, 2.45) is 5.92 Å². The molecule has 2 aliphatic rings. The predicted molar refractivity (Wildman–Crippen MR) is 90.0 cm³/mol. The molecule has 2 rings (SSSR count). The number of hydrogen-bond acceptors (Lipinski definition) is 3. The van der Waals surface area contributed by atoms with E-state index in [0.29, 0.717) is 6.04 Å². The van der Waals surface area contributed by atoms with Crippen LogP contribution in [-0.2, 0) is 4.74 Å². The van der Waals surface area contributed by atoms with Gasteiger partial charge in [0.25, 0.3) is 0 Å². The van der Waals surface area contributed by atoms with Gasteiger partial charge in [-0.05, 0) is 52.5 Å². The summed E-state index contributed by atoms with van der Waals surface area (Å²) >= 11 is 0. The Kier molecular flexibility index (Phi) is 6.54. The highest BCUT2D eigenvalue weighted by Crippen LogP contribution is 2.26. The van der Waals surface area contributed by atoms with Crippen molar-refractivity contribution in [1.82, 2.24) is 10.2 Å². The number of nitrogens with zero attached hydrogens (tertiary/aromatic N) is 1. The molecular formula is C18H34N2O2. The van der Waals surface area contributed by atoms with Gasteiger partial charge in [0.2, 0.25) is 0 Å². The second kappa shape index (κ2) is 8.19. The first-order valence-electron chi connectivity index (χ1n) is 9.15. The van der Waals surface area contributed by atoms with Gasteiger partial charge in [-0.15, -0.1) is 0 Å². The Morgan fingerprint density at radius 2 is 1.73 bits per heavy atom. The van der Waals surface area contributed by atoms with Crippen LogP contribution < -0.4 is 5.32 Å². The Hall–Kier alpha value is -0.770. The van der Waals surface area contributed by atoms with Crippen LogP contribution in [0.25, 0.3) is 0 Å². The zero-order chi connectivity index (χ0) is 16.0. The van der Waals surface area contributed by atoms with E-state index in [0.717, 1.165) is 38.4 Å². The van der Waals surface area contributed by atoms with E-state index in [1.807, 2.05) is 25.7 Å². The fraction of sp³-hybridized carbons (Fsp3) is 0.944. The molecule has 0 aromatic rings. The second-order valence-electron chi connectivity index (χ2n) is 7.99. The predicted octanol–water partition coefficient (Wildman–Crippen LogP) is 3.95. The van der Waals surface area contributed by atoms with E-state index in [9.17, 15) is 4.79 Å². The van der Waals surface area contributed by atoms with E-state index in [4.69, 9.17) is 4.74 Å². The first-order chi connectivity index (χ1) is 10.4. The highest BCUT2D eigenvalue weighted by atomic mass is 16.6. The fourth-order valence-electron chi connectivity index (χ4n) is 3.56. The monoisotopic (exact) mass is 310 g/mol. The third-order valence-electron chi connectivity index (χ3n) is 4.86. The fourth-order valence-corrected chi connectivity index (χ4v) is 3.56. The largest absolute Gasteiger partial charge is 0.444 e. The molecule has 0 radical (unpaired) electrons. The van der Waals surface area contributed by atoms with Crippen LogP contribution in [0.3, 0.4) is 0 Å². The number of piperidine rings is 1. The lowest BCUT2D eigenvalue weighted by molar-refractivity contribution is 0.0198. The van der Waals surface area contributed by atoms with Crippen LogP contribution in [0.1, 0.15) is 72.1 Å². The molecule has 1 saturated carbocycles. The van der Waals surface area contributed by atoms with Crippen molar-refractivity contribution in [2.45, 2.75) is 83.8 Å². The minimum atomic E-state index is -0.397.